The normalized spacial score (nSPS) is 27.2. The van der Waals surface area contributed by atoms with Gasteiger partial charge in [-0.15, -0.1) is 12.3 Å². The van der Waals surface area contributed by atoms with E-state index in [-0.39, 0.29) is 17.4 Å². The third-order valence-electron chi connectivity index (χ3n) is 5.71. The Balaban J connectivity index is 1.83. The monoisotopic (exact) mass is 341 g/mol. The average Bonchev–Trinajstić information content (AvgIpc) is 3.20. The van der Waals surface area contributed by atoms with Crippen LogP contribution in [-0.2, 0) is 11.2 Å². The summed E-state index contributed by atoms with van der Waals surface area (Å²) in [5.74, 6) is 2.61. The van der Waals surface area contributed by atoms with Crippen LogP contribution in [0.1, 0.15) is 50.2 Å². The molecule has 4 heteroatoms. The zero-order chi connectivity index (χ0) is 18.0. The lowest BCUT2D eigenvalue weighted by molar-refractivity contribution is -0.142. The molecule has 2 heterocycles. The van der Waals surface area contributed by atoms with E-state index in [4.69, 9.17) is 11.2 Å². The molecule has 25 heavy (non-hydrogen) atoms. The van der Waals surface area contributed by atoms with Gasteiger partial charge in [-0.1, -0.05) is 25.5 Å². The molecule has 3 rings (SSSR count). The number of hydrogen-bond acceptors (Lipinski definition) is 3. The second-order valence-corrected chi connectivity index (χ2v) is 7.61. The molecule has 4 nitrogen and oxygen atoms in total. The molecular formula is C21H27NO3. The van der Waals surface area contributed by atoms with Crippen LogP contribution in [0.3, 0.4) is 0 Å². The van der Waals surface area contributed by atoms with Crippen LogP contribution < -0.4 is 10.1 Å². The molecule has 0 spiro atoms. The minimum Gasteiger partial charge on any atom is -0.493 e. The van der Waals surface area contributed by atoms with E-state index in [0.29, 0.717) is 19.6 Å². The number of nitrogens with one attached hydrogen (secondary N) is 1. The number of hydrogen-bond donors (Lipinski definition) is 2. The van der Waals surface area contributed by atoms with E-state index in [9.17, 15) is 9.90 Å². The van der Waals surface area contributed by atoms with Crippen molar-refractivity contribution >= 4 is 5.97 Å². The number of carboxylic acid groups (broad SMARTS) is 1. The molecule has 0 aromatic heterocycles. The van der Waals surface area contributed by atoms with E-state index in [1.807, 2.05) is 12.1 Å². The van der Waals surface area contributed by atoms with Crippen LogP contribution in [0.4, 0.5) is 0 Å². The van der Waals surface area contributed by atoms with Gasteiger partial charge >= 0.3 is 5.97 Å². The van der Waals surface area contributed by atoms with Gasteiger partial charge in [0.25, 0.3) is 0 Å². The van der Waals surface area contributed by atoms with Crippen LogP contribution in [0.5, 0.6) is 5.75 Å². The molecule has 2 N–H and O–H groups in total. The van der Waals surface area contributed by atoms with Gasteiger partial charge in [0.15, 0.2) is 0 Å². The third kappa shape index (κ3) is 3.52. The number of aliphatic carboxylic acids is 1. The van der Waals surface area contributed by atoms with Gasteiger partial charge in [0, 0.05) is 30.3 Å². The molecule has 134 valence electrons. The van der Waals surface area contributed by atoms with Crippen molar-refractivity contribution in [2.75, 3.05) is 13.2 Å². The molecule has 1 fully saturated rings. The summed E-state index contributed by atoms with van der Waals surface area (Å²) in [6.45, 7) is 5.57. The lowest BCUT2D eigenvalue weighted by atomic mass is 9.75. The topological polar surface area (TPSA) is 58.6 Å². The number of fused-ring (bicyclic) bond motifs is 1. The highest BCUT2D eigenvalue weighted by Gasteiger charge is 2.44. The maximum absolute atomic E-state index is 12.0. The summed E-state index contributed by atoms with van der Waals surface area (Å²) >= 11 is 0. The predicted molar refractivity (Wildman–Crippen MR) is 97.8 cm³/mol. The van der Waals surface area contributed by atoms with Crippen molar-refractivity contribution < 1.29 is 14.6 Å². The Morgan fingerprint density at radius 1 is 1.52 bits per heavy atom. The molecular weight excluding hydrogens is 314 g/mol. The Labute approximate surface area is 150 Å². The summed E-state index contributed by atoms with van der Waals surface area (Å²) in [5, 5.41) is 13.3. The summed E-state index contributed by atoms with van der Waals surface area (Å²) in [6.07, 6.45) is 9.26. The second kappa shape index (κ2) is 7.09. The van der Waals surface area contributed by atoms with Crippen LogP contribution in [0.15, 0.2) is 18.2 Å². The van der Waals surface area contributed by atoms with Crippen LogP contribution in [0.2, 0.25) is 0 Å². The van der Waals surface area contributed by atoms with Crippen molar-refractivity contribution in [3.05, 3.63) is 29.3 Å². The van der Waals surface area contributed by atoms with E-state index >= 15 is 0 Å². The van der Waals surface area contributed by atoms with Crippen molar-refractivity contribution in [2.45, 2.75) is 51.5 Å². The molecule has 0 bridgehead atoms. The second-order valence-electron chi connectivity index (χ2n) is 7.61. The highest BCUT2D eigenvalue weighted by atomic mass is 16.5. The summed E-state index contributed by atoms with van der Waals surface area (Å²) in [6, 6.07) is 6.02. The highest BCUT2D eigenvalue weighted by Crippen LogP contribution is 2.40. The molecule has 0 radical (unpaired) electrons. The lowest BCUT2D eigenvalue weighted by Crippen LogP contribution is -2.37. The van der Waals surface area contributed by atoms with Crippen molar-refractivity contribution in [3.8, 4) is 18.1 Å². The fourth-order valence-electron chi connectivity index (χ4n) is 4.39. The predicted octanol–water partition coefficient (Wildman–Crippen LogP) is 3.21. The number of terminal acetylenes is 1. The van der Waals surface area contributed by atoms with E-state index in [2.05, 4.69) is 31.2 Å². The maximum Gasteiger partial charge on any atom is 0.308 e. The van der Waals surface area contributed by atoms with Crippen LogP contribution in [-0.4, -0.2) is 30.3 Å². The van der Waals surface area contributed by atoms with E-state index in [1.54, 1.807) is 0 Å². The molecule has 0 saturated carbocycles. The fourth-order valence-corrected chi connectivity index (χ4v) is 4.39. The van der Waals surface area contributed by atoms with Crippen molar-refractivity contribution in [1.29, 1.82) is 0 Å². The molecule has 4 atom stereocenters. The first-order chi connectivity index (χ1) is 12.0. The van der Waals surface area contributed by atoms with Crippen LogP contribution in [0, 0.1) is 23.7 Å². The number of carboxylic acids is 1. The molecule has 1 aromatic rings. The average molecular weight is 341 g/mol. The Morgan fingerprint density at radius 2 is 2.32 bits per heavy atom. The van der Waals surface area contributed by atoms with E-state index in [0.717, 1.165) is 30.6 Å². The zero-order valence-electron chi connectivity index (χ0n) is 15.0. The van der Waals surface area contributed by atoms with E-state index in [1.165, 1.54) is 5.56 Å². The number of rotatable bonds is 6. The number of carbonyl (C=O) groups is 1. The molecule has 2 aliphatic heterocycles. The molecule has 0 amide bonds. The minimum absolute atomic E-state index is 0.0305. The maximum atomic E-state index is 12.0. The van der Waals surface area contributed by atoms with Gasteiger partial charge in [-0.2, -0.15) is 0 Å². The molecule has 0 aliphatic carbocycles. The smallest absolute Gasteiger partial charge is 0.308 e. The third-order valence-corrected chi connectivity index (χ3v) is 5.71. The fraction of sp³-hybridized carbons (Fsp3) is 0.571. The SMILES string of the molecule is C#C[C@@](C)(CCC)CC1NCC(c2ccc3c(c2)CCO3)[C@H]1C(=O)O. The molecule has 2 unspecified atom stereocenters. The summed E-state index contributed by atoms with van der Waals surface area (Å²) in [5.41, 5.74) is 2.01. The first-order valence-electron chi connectivity index (χ1n) is 9.17. The summed E-state index contributed by atoms with van der Waals surface area (Å²) < 4.78 is 5.56. The van der Waals surface area contributed by atoms with Gasteiger partial charge in [-0.05, 0) is 37.0 Å². The summed E-state index contributed by atoms with van der Waals surface area (Å²) in [7, 11) is 0. The van der Waals surface area contributed by atoms with Crippen LogP contribution >= 0.6 is 0 Å². The van der Waals surface area contributed by atoms with Gasteiger partial charge in [0.1, 0.15) is 5.75 Å². The van der Waals surface area contributed by atoms with Crippen molar-refractivity contribution in [1.82, 2.24) is 5.32 Å². The minimum atomic E-state index is -0.743. The molecule has 1 saturated heterocycles. The molecule has 2 aliphatic rings. The Hall–Kier alpha value is -1.99. The van der Waals surface area contributed by atoms with Crippen LogP contribution in [0.25, 0.3) is 0 Å². The van der Waals surface area contributed by atoms with Crippen molar-refractivity contribution in [3.63, 3.8) is 0 Å². The highest BCUT2D eigenvalue weighted by molar-refractivity contribution is 5.73. The van der Waals surface area contributed by atoms with Gasteiger partial charge in [0.05, 0.1) is 12.5 Å². The first-order valence-corrected chi connectivity index (χ1v) is 9.17. The standard InChI is InChI=1S/C21H27NO3/c1-4-9-21(3,5-2)12-17-19(20(23)24)16(13-22-17)14-6-7-18-15(11-14)8-10-25-18/h2,6-7,11,16-17,19,22H,4,8-10,12-13H2,1,3H3,(H,23,24)/t16?,17?,19-,21+/m1/s1. The van der Waals surface area contributed by atoms with Gasteiger partial charge in [-0.25, -0.2) is 0 Å². The lowest BCUT2D eigenvalue weighted by Gasteiger charge is -2.29. The quantitative estimate of drug-likeness (QED) is 0.780. The molecule has 1 aromatic carbocycles. The Kier molecular flexibility index (Phi) is 5.06. The number of benzene rings is 1. The first kappa shape index (κ1) is 17.8. The number of ether oxygens (including phenoxy) is 1. The Bertz CT molecular complexity index is 693. The van der Waals surface area contributed by atoms with Crippen molar-refractivity contribution in [2.24, 2.45) is 11.3 Å². The summed E-state index contributed by atoms with van der Waals surface area (Å²) in [4.78, 5) is 12.0. The van der Waals surface area contributed by atoms with E-state index < -0.39 is 11.9 Å². The largest absolute Gasteiger partial charge is 0.493 e. The van der Waals surface area contributed by atoms with Gasteiger partial charge in [-0.3, -0.25) is 4.79 Å². The van der Waals surface area contributed by atoms with Gasteiger partial charge < -0.3 is 15.2 Å². The van der Waals surface area contributed by atoms with Gasteiger partial charge in [0.2, 0.25) is 0 Å². The zero-order valence-corrected chi connectivity index (χ0v) is 15.0. The Morgan fingerprint density at radius 3 is 3.00 bits per heavy atom.